The normalized spacial score (nSPS) is 24.7. The molecule has 1 fully saturated rings. The first kappa shape index (κ1) is 20.5. The van der Waals surface area contributed by atoms with E-state index in [1.165, 1.54) is 43.9 Å². The van der Waals surface area contributed by atoms with Gasteiger partial charge in [-0.3, -0.25) is 0 Å². The number of hydrogen-bond donors (Lipinski definition) is 0. The van der Waals surface area contributed by atoms with Gasteiger partial charge in [0.15, 0.2) is 0 Å². The molecule has 4 rings (SSSR count). The molecule has 1 spiro atoms. The number of benzene rings is 2. The van der Waals surface area contributed by atoms with Crippen LogP contribution in [0.2, 0.25) is 0 Å². The molecule has 0 bridgehead atoms. The first-order valence-corrected chi connectivity index (χ1v) is 10.9. The average molecular weight is 403 g/mol. The fraction of sp³-hybridized carbons (Fsp3) is 0.370. The molecule has 1 saturated carbocycles. The van der Waals surface area contributed by atoms with Crippen molar-refractivity contribution in [3.8, 4) is 5.75 Å². The molecule has 0 amide bonds. The van der Waals surface area contributed by atoms with Crippen molar-refractivity contribution in [1.29, 1.82) is 0 Å². The Morgan fingerprint density at radius 2 is 1.77 bits per heavy atom. The minimum atomic E-state index is -0.259. The standard InChI is InChI=1S/C27H30O3/c1-29-26(28)19-21-11-15-27(16-12-21)17-13-24(14-18-27)23-7-9-25(10-8-23)30-20-22-5-3-2-4-6-22/h2-11,15,19,24H,12-14,16-18,20H2,1H3/b21-19+. The molecule has 3 nitrogen and oxygen atoms in total. The molecular weight excluding hydrogens is 372 g/mol. The van der Waals surface area contributed by atoms with Gasteiger partial charge >= 0.3 is 5.97 Å². The Kier molecular flexibility index (Phi) is 6.37. The largest absolute Gasteiger partial charge is 0.489 e. The second-order valence-electron chi connectivity index (χ2n) is 8.56. The maximum Gasteiger partial charge on any atom is 0.330 e. The summed E-state index contributed by atoms with van der Waals surface area (Å²) in [6.45, 7) is 0.602. The van der Waals surface area contributed by atoms with Crippen molar-refractivity contribution in [2.45, 2.75) is 51.0 Å². The van der Waals surface area contributed by atoms with Gasteiger partial charge in [0.2, 0.25) is 0 Å². The quantitative estimate of drug-likeness (QED) is 0.431. The molecule has 2 aliphatic carbocycles. The minimum Gasteiger partial charge on any atom is -0.489 e. The van der Waals surface area contributed by atoms with E-state index in [4.69, 9.17) is 9.47 Å². The van der Waals surface area contributed by atoms with Crippen LogP contribution in [0.1, 0.15) is 55.6 Å². The summed E-state index contributed by atoms with van der Waals surface area (Å²) in [5.41, 5.74) is 4.00. The lowest BCUT2D eigenvalue weighted by atomic mass is 9.64. The summed E-state index contributed by atoms with van der Waals surface area (Å²) in [6.07, 6.45) is 13.1. The van der Waals surface area contributed by atoms with Crippen LogP contribution in [0.4, 0.5) is 0 Å². The van der Waals surface area contributed by atoms with Crippen molar-refractivity contribution in [1.82, 2.24) is 0 Å². The van der Waals surface area contributed by atoms with Crippen molar-refractivity contribution >= 4 is 5.97 Å². The van der Waals surface area contributed by atoms with E-state index in [1.807, 2.05) is 18.2 Å². The van der Waals surface area contributed by atoms with Gasteiger partial charge < -0.3 is 9.47 Å². The van der Waals surface area contributed by atoms with Gasteiger partial charge in [-0.05, 0) is 78.7 Å². The molecule has 2 aromatic carbocycles. The summed E-state index contributed by atoms with van der Waals surface area (Å²) >= 11 is 0. The van der Waals surface area contributed by atoms with E-state index in [-0.39, 0.29) is 5.97 Å². The molecule has 0 saturated heterocycles. The SMILES string of the molecule is COC(=O)/C=C1\C=CC2(CC1)CCC(c1ccc(OCc3ccccc3)cc1)CC2. The summed E-state index contributed by atoms with van der Waals surface area (Å²) in [7, 11) is 1.43. The van der Waals surface area contributed by atoms with Crippen molar-refractivity contribution in [3.05, 3.63) is 89.5 Å². The van der Waals surface area contributed by atoms with E-state index in [0.717, 1.165) is 24.2 Å². The number of esters is 1. The molecule has 0 radical (unpaired) electrons. The fourth-order valence-corrected chi connectivity index (χ4v) is 4.69. The molecule has 0 unspecified atom stereocenters. The van der Waals surface area contributed by atoms with Crippen LogP contribution in [0.15, 0.2) is 78.4 Å². The number of hydrogen-bond acceptors (Lipinski definition) is 3. The van der Waals surface area contributed by atoms with E-state index in [2.05, 4.69) is 48.6 Å². The Morgan fingerprint density at radius 3 is 2.40 bits per heavy atom. The van der Waals surface area contributed by atoms with Crippen LogP contribution in [0.5, 0.6) is 5.75 Å². The molecule has 30 heavy (non-hydrogen) atoms. The summed E-state index contributed by atoms with van der Waals surface area (Å²) in [6, 6.07) is 18.9. The average Bonchev–Trinajstić information content (AvgIpc) is 2.81. The zero-order chi connectivity index (χ0) is 20.8. The maximum absolute atomic E-state index is 11.4. The van der Waals surface area contributed by atoms with Crippen molar-refractivity contribution in [2.24, 2.45) is 5.41 Å². The minimum absolute atomic E-state index is 0.259. The van der Waals surface area contributed by atoms with Gasteiger partial charge in [-0.15, -0.1) is 0 Å². The van der Waals surface area contributed by atoms with Crippen LogP contribution in [0.3, 0.4) is 0 Å². The number of carbonyl (C=O) groups excluding carboxylic acids is 1. The Labute approximate surface area is 179 Å². The van der Waals surface area contributed by atoms with Crippen LogP contribution in [0, 0.1) is 5.41 Å². The number of carbonyl (C=O) groups is 1. The van der Waals surface area contributed by atoms with Crippen LogP contribution < -0.4 is 4.74 Å². The highest BCUT2D eigenvalue weighted by Crippen LogP contribution is 2.49. The Balaban J connectivity index is 1.30. The van der Waals surface area contributed by atoms with Gasteiger partial charge in [0.05, 0.1) is 7.11 Å². The van der Waals surface area contributed by atoms with Gasteiger partial charge in [-0.25, -0.2) is 4.79 Å². The van der Waals surface area contributed by atoms with E-state index in [1.54, 1.807) is 6.08 Å². The molecule has 0 aromatic heterocycles. The Bertz CT molecular complexity index is 901. The lowest BCUT2D eigenvalue weighted by Crippen LogP contribution is -2.27. The van der Waals surface area contributed by atoms with Crippen LogP contribution in [-0.4, -0.2) is 13.1 Å². The molecule has 2 aromatic rings. The number of allylic oxidation sites excluding steroid dienone is 3. The van der Waals surface area contributed by atoms with Crippen LogP contribution in [-0.2, 0) is 16.1 Å². The Hall–Kier alpha value is -2.81. The molecular formula is C27H30O3. The summed E-state index contributed by atoms with van der Waals surface area (Å²) in [5, 5.41) is 0. The van der Waals surface area contributed by atoms with E-state index < -0.39 is 0 Å². The van der Waals surface area contributed by atoms with Crippen molar-refractivity contribution in [3.63, 3.8) is 0 Å². The maximum atomic E-state index is 11.4. The monoisotopic (exact) mass is 402 g/mol. The van der Waals surface area contributed by atoms with E-state index in [0.29, 0.717) is 17.9 Å². The second kappa shape index (κ2) is 9.34. The summed E-state index contributed by atoms with van der Waals surface area (Å²) in [5.74, 6) is 1.29. The smallest absolute Gasteiger partial charge is 0.330 e. The zero-order valence-electron chi connectivity index (χ0n) is 17.7. The lowest BCUT2D eigenvalue weighted by Gasteiger charge is -2.40. The third-order valence-corrected chi connectivity index (χ3v) is 6.65. The van der Waals surface area contributed by atoms with Crippen molar-refractivity contribution in [2.75, 3.05) is 7.11 Å². The molecule has 0 atom stereocenters. The number of methoxy groups -OCH3 is 1. The third-order valence-electron chi connectivity index (χ3n) is 6.65. The molecule has 0 aliphatic heterocycles. The first-order chi connectivity index (χ1) is 14.7. The topological polar surface area (TPSA) is 35.5 Å². The van der Waals surface area contributed by atoms with E-state index in [9.17, 15) is 4.79 Å². The van der Waals surface area contributed by atoms with E-state index >= 15 is 0 Å². The predicted octanol–water partition coefficient (Wildman–Crippen LogP) is 6.36. The van der Waals surface area contributed by atoms with Gasteiger partial charge in [-0.1, -0.05) is 54.6 Å². The van der Waals surface area contributed by atoms with Crippen LogP contribution >= 0.6 is 0 Å². The molecule has 0 N–H and O–H groups in total. The highest BCUT2D eigenvalue weighted by atomic mass is 16.5. The number of rotatable bonds is 5. The third kappa shape index (κ3) is 5.02. The summed E-state index contributed by atoms with van der Waals surface area (Å²) in [4.78, 5) is 11.4. The highest BCUT2D eigenvalue weighted by molar-refractivity contribution is 5.83. The van der Waals surface area contributed by atoms with Gasteiger partial charge in [-0.2, -0.15) is 0 Å². The predicted molar refractivity (Wildman–Crippen MR) is 119 cm³/mol. The first-order valence-electron chi connectivity index (χ1n) is 10.9. The molecule has 156 valence electrons. The zero-order valence-corrected chi connectivity index (χ0v) is 17.7. The Morgan fingerprint density at radius 1 is 1.03 bits per heavy atom. The van der Waals surface area contributed by atoms with Gasteiger partial charge in [0, 0.05) is 6.08 Å². The van der Waals surface area contributed by atoms with Gasteiger partial charge in [0.25, 0.3) is 0 Å². The fourth-order valence-electron chi connectivity index (χ4n) is 4.69. The molecule has 3 heteroatoms. The van der Waals surface area contributed by atoms with Crippen LogP contribution in [0.25, 0.3) is 0 Å². The van der Waals surface area contributed by atoms with Crippen molar-refractivity contribution < 1.29 is 14.3 Å². The second-order valence-corrected chi connectivity index (χ2v) is 8.56. The highest BCUT2D eigenvalue weighted by Gasteiger charge is 2.35. The summed E-state index contributed by atoms with van der Waals surface area (Å²) < 4.78 is 10.7. The lowest BCUT2D eigenvalue weighted by molar-refractivity contribution is -0.134. The molecule has 2 aliphatic rings. The van der Waals surface area contributed by atoms with Gasteiger partial charge in [0.1, 0.15) is 12.4 Å². The number of ether oxygens (including phenoxy) is 2. The molecule has 0 heterocycles.